The summed E-state index contributed by atoms with van der Waals surface area (Å²) < 4.78 is 42.5. The van der Waals surface area contributed by atoms with Gasteiger partial charge >= 0.3 is 6.18 Å². The smallest absolute Gasteiger partial charge is 0.338 e. The van der Waals surface area contributed by atoms with Crippen LogP contribution in [0.15, 0.2) is 64.0 Å². The summed E-state index contributed by atoms with van der Waals surface area (Å²) in [5.41, 5.74) is 2.66. The standard InChI is InChI=1S/C23H21BrF3N3S/c1-22(2,3)15-5-8-17(9-6-15)31-30-13-14-4-11-20(23(25,26)27)29-21(14)28-18-10-7-16(24)12-19(18)30/h4-12H,13H2,1-3H3,(H,28,29). The monoisotopic (exact) mass is 507 g/mol. The Bertz CT molecular complexity index is 1110. The lowest BCUT2D eigenvalue weighted by atomic mass is 9.87. The van der Waals surface area contributed by atoms with E-state index in [2.05, 4.69) is 75.6 Å². The summed E-state index contributed by atoms with van der Waals surface area (Å²) in [7, 11) is 0. The van der Waals surface area contributed by atoms with Crippen LogP contribution < -0.4 is 9.62 Å². The quantitative estimate of drug-likeness (QED) is 0.356. The number of alkyl halides is 3. The van der Waals surface area contributed by atoms with Gasteiger partial charge in [-0.3, -0.25) is 0 Å². The lowest BCUT2D eigenvalue weighted by Crippen LogP contribution is -2.14. The van der Waals surface area contributed by atoms with Gasteiger partial charge < -0.3 is 9.62 Å². The molecule has 1 aliphatic rings. The van der Waals surface area contributed by atoms with Crippen molar-refractivity contribution in [2.24, 2.45) is 0 Å². The van der Waals surface area contributed by atoms with Gasteiger partial charge in [0, 0.05) is 14.9 Å². The minimum absolute atomic E-state index is 0.0635. The number of benzene rings is 2. The summed E-state index contributed by atoms with van der Waals surface area (Å²) in [6.07, 6.45) is -4.49. The molecular formula is C23H21BrF3N3S. The maximum atomic E-state index is 13.2. The first kappa shape index (κ1) is 22.0. The molecule has 3 nitrogen and oxygen atoms in total. The Hall–Kier alpha value is -2.19. The molecule has 3 aromatic rings. The molecule has 1 aromatic heterocycles. The summed E-state index contributed by atoms with van der Waals surface area (Å²) in [5, 5.41) is 3.10. The van der Waals surface area contributed by atoms with Crippen molar-refractivity contribution in [2.75, 3.05) is 9.62 Å². The van der Waals surface area contributed by atoms with Gasteiger partial charge in [0.05, 0.1) is 17.9 Å². The van der Waals surface area contributed by atoms with Crippen molar-refractivity contribution in [3.63, 3.8) is 0 Å². The minimum Gasteiger partial charge on any atom is -0.338 e. The van der Waals surface area contributed by atoms with E-state index in [1.807, 2.05) is 18.2 Å². The molecule has 0 atom stereocenters. The first-order valence-corrected chi connectivity index (χ1v) is 11.3. The number of fused-ring (bicyclic) bond motifs is 2. The van der Waals surface area contributed by atoms with Crippen LogP contribution >= 0.6 is 27.9 Å². The van der Waals surface area contributed by atoms with Crippen LogP contribution in [0.3, 0.4) is 0 Å². The molecule has 2 heterocycles. The molecule has 0 fully saturated rings. The van der Waals surface area contributed by atoms with Gasteiger partial charge in [0.2, 0.25) is 0 Å². The van der Waals surface area contributed by atoms with Gasteiger partial charge in [-0.25, -0.2) is 4.98 Å². The highest BCUT2D eigenvalue weighted by molar-refractivity contribution is 9.10. The van der Waals surface area contributed by atoms with Crippen molar-refractivity contribution in [3.05, 3.63) is 75.9 Å². The number of aromatic nitrogens is 1. The van der Waals surface area contributed by atoms with Crippen molar-refractivity contribution in [1.29, 1.82) is 0 Å². The fourth-order valence-corrected chi connectivity index (χ4v) is 4.60. The molecule has 0 amide bonds. The molecule has 1 N–H and O–H groups in total. The van der Waals surface area contributed by atoms with Gasteiger partial charge in [-0.2, -0.15) is 13.2 Å². The number of halogens is 4. The summed E-state index contributed by atoms with van der Waals surface area (Å²) in [6.45, 7) is 6.91. The molecule has 0 bridgehead atoms. The van der Waals surface area contributed by atoms with Crippen LogP contribution in [-0.2, 0) is 18.1 Å². The number of nitrogens with one attached hydrogen (secondary N) is 1. The molecule has 0 spiro atoms. The Morgan fingerprint density at radius 2 is 1.71 bits per heavy atom. The number of anilines is 3. The summed E-state index contributed by atoms with van der Waals surface area (Å²) in [5.74, 6) is 0.226. The number of nitrogens with zero attached hydrogens (tertiary/aromatic N) is 2. The maximum absolute atomic E-state index is 13.2. The third-order valence-corrected chi connectivity index (χ3v) is 6.52. The molecule has 31 heavy (non-hydrogen) atoms. The Morgan fingerprint density at radius 1 is 1.00 bits per heavy atom. The van der Waals surface area contributed by atoms with Gasteiger partial charge in [-0.15, -0.1) is 0 Å². The zero-order chi connectivity index (χ0) is 22.4. The van der Waals surface area contributed by atoms with Crippen molar-refractivity contribution < 1.29 is 13.2 Å². The number of hydrogen-bond donors (Lipinski definition) is 1. The summed E-state index contributed by atoms with van der Waals surface area (Å²) >= 11 is 5.05. The molecule has 162 valence electrons. The molecule has 0 radical (unpaired) electrons. The van der Waals surface area contributed by atoms with E-state index in [9.17, 15) is 13.2 Å². The Kier molecular flexibility index (Phi) is 5.72. The summed E-state index contributed by atoms with van der Waals surface area (Å²) in [4.78, 5) is 4.91. The molecular weight excluding hydrogens is 487 g/mol. The van der Waals surface area contributed by atoms with Crippen LogP contribution in [0.25, 0.3) is 0 Å². The highest BCUT2D eigenvalue weighted by Gasteiger charge is 2.34. The average molecular weight is 508 g/mol. The van der Waals surface area contributed by atoms with E-state index in [0.29, 0.717) is 17.8 Å². The Labute approximate surface area is 192 Å². The highest BCUT2D eigenvalue weighted by atomic mass is 79.9. The fraction of sp³-hybridized carbons (Fsp3) is 0.261. The lowest BCUT2D eigenvalue weighted by Gasteiger charge is -2.24. The van der Waals surface area contributed by atoms with E-state index in [1.165, 1.54) is 11.6 Å². The second kappa shape index (κ2) is 8.06. The first-order chi connectivity index (χ1) is 14.5. The van der Waals surface area contributed by atoms with Crippen LogP contribution in [0, 0.1) is 0 Å². The largest absolute Gasteiger partial charge is 0.433 e. The molecule has 0 saturated heterocycles. The third kappa shape index (κ3) is 4.85. The predicted octanol–water partition coefficient (Wildman–Crippen LogP) is 7.93. The number of pyridine rings is 1. The van der Waals surface area contributed by atoms with Gasteiger partial charge in [0.25, 0.3) is 0 Å². The maximum Gasteiger partial charge on any atom is 0.433 e. The van der Waals surface area contributed by atoms with Gasteiger partial charge in [-0.1, -0.05) is 54.9 Å². The normalized spacial score (nSPS) is 13.8. The van der Waals surface area contributed by atoms with Gasteiger partial charge in [0.15, 0.2) is 0 Å². The minimum atomic E-state index is -4.49. The second-order valence-electron chi connectivity index (χ2n) is 8.39. The number of rotatable bonds is 2. The van der Waals surface area contributed by atoms with Crippen molar-refractivity contribution in [2.45, 2.75) is 43.8 Å². The molecule has 0 aliphatic carbocycles. The molecule has 4 rings (SSSR count). The van der Waals surface area contributed by atoms with Crippen molar-refractivity contribution in [1.82, 2.24) is 4.98 Å². The fourth-order valence-electron chi connectivity index (χ4n) is 3.29. The summed E-state index contributed by atoms with van der Waals surface area (Å²) in [6, 6.07) is 16.6. The van der Waals surface area contributed by atoms with Gasteiger partial charge in [0.1, 0.15) is 11.5 Å². The number of hydrogen-bond acceptors (Lipinski definition) is 4. The van der Waals surface area contributed by atoms with E-state index < -0.39 is 11.9 Å². The highest BCUT2D eigenvalue weighted by Crippen LogP contribution is 2.43. The second-order valence-corrected chi connectivity index (χ2v) is 10.4. The zero-order valence-corrected chi connectivity index (χ0v) is 19.6. The molecule has 0 saturated carbocycles. The van der Waals surface area contributed by atoms with Crippen LogP contribution in [-0.4, -0.2) is 4.98 Å². The van der Waals surface area contributed by atoms with Crippen LogP contribution in [0.5, 0.6) is 0 Å². The van der Waals surface area contributed by atoms with Crippen LogP contribution in [0.4, 0.5) is 30.4 Å². The van der Waals surface area contributed by atoms with E-state index in [0.717, 1.165) is 21.1 Å². The Morgan fingerprint density at radius 3 is 2.35 bits per heavy atom. The molecule has 8 heteroatoms. The zero-order valence-electron chi connectivity index (χ0n) is 17.2. The third-order valence-electron chi connectivity index (χ3n) is 5.00. The van der Waals surface area contributed by atoms with Crippen LogP contribution in [0.2, 0.25) is 0 Å². The Balaban J connectivity index is 1.72. The molecule has 2 aromatic carbocycles. The first-order valence-electron chi connectivity index (χ1n) is 9.70. The van der Waals surface area contributed by atoms with Crippen LogP contribution in [0.1, 0.15) is 37.6 Å². The predicted molar refractivity (Wildman–Crippen MR) is 124 cm³/mol. The topological polar surface area (TPSA) is 28.2 Å². The van der Waals surface area contributed by atoms with E-state index in [1.54, 1.807) is 11.9 Å². The van der Waals surface area contributed by atoms with E-state index >= 15 is 0 Å². The van der Waals surface area contributed by atoms with Crippen molar-refractivity contribution in [3.8, 4) is 0 Å². The SMILES string of the molecule is CC(C)(C)c1ccc(SN2Cc3ccc(C(F)(F)F)nc3Nc3ccc(Br)cc32)cc1. The van der Waals surface area contributed by atoms with E-state index in [4.69, 9.17) is 0 Å². The molecule has 1 aliphatic heterocycles. The average Bonchev–Trinajstić information content (AvgIpc) is 2.83. The van der Waals surface area contributed by atoms with Crippen molar-refractivity contribution >= 4 is 45.1 Å². The van der Waals surface area contributed by atoms with Gasteiger partial charge in [-0.05, 0) is 59.3 Å². The molecule has 0 unspecified atom stereocenters. The lowest BCUT2D eigenvalue weighted by molar-refractivity contribution is -0.141. The van der Waals surface area contributed by atoms with E-state index in [-0.39, 0.29) is 11.2 Å².